The highest BCUT2D eigenvalue weighted by Gasteiger charge is 2.33. The van der Waals surface area contributed by atoms with Gasteiger partial charge >= 0.3 is 5.97 Å². The number of hydrogen-bond acceptors (Lipinski definition) is 5. The summed E-state index contributed by atoms with van der Waals surface area (Å²) in [6, 6.07) is 0.317. The van der Waals surface area contributed by atoms with Gasteiger partial charge in [0.1, 0.15) is 0 Å². The Kier molecular flexibility index (Phi) is 4.84. The molecule has 0 aromatic carbocycles. The van der Waals surface area contributed by atoms with E-state index in [-0.39, 0.29) is 29.7 Å². The lowest BCUT2D eigenvalue weighted by Crippen LogP contribution is -2.43. The van der Waals surface area contributed by atoms with Crippen LogP contribution in [0.1, 0.15) is 39.0 Å². The van der Waals surface area contributed by atoms with Crippen LogP contribution in [0.4, 0.5) is 0 Å². The van der Waals surface area contributed by atoms with E-state index in [4.69, 9.17) is 4.74 Å². The second-order valence-corrected chi connectivity index (χ2v) is 7.81. The molecule has 0 spiro atoms. The number of ether oxygens (including phenoxy) is 1. The highest BCUT2D eigenvalue weighted by atomic mass is 32.2. The van der Waals surface area contributed by atoms with Crippen molar-refractivity contribution in [1.82, 2.24) is 5.32 Å². The van der Waals surface area contributed by atoms with E-state index in [2.05, 4.69) is 5.32 Å². The molecule has 2 fully saturated rings. The van der Waals surface area contributed by atoms with E-state index < -0.39 is 9.84 Å². The topological polar surface area (TPSA) is 72.5 Å². The Morgan fingerprint density at radius 3 is 2.68 bits per heavy atom. The molecule has 1 saturated carbocycles. The van der Waals surface area contributed by atoms with E-state index in [9.17, 15) is 13.2 Å². The summed E-state index contributed by atoms with van der Waals surface area (Å²) >= 11 is 0. The number of hydrogen-bond donors (Lipinski definition) is 1. The van der Waals surface area contributed by atoms with Crippen molar-refractivity contribution in [3.8, 4) is 0 Å². The summed E-state index contributed by atoms with van der Waals surface area (Å²) in [5.41, 5.74) is 0. The zero-order valence-electron chi connectivity index (χ0n) is 11.4. The highest BCUT2D eigenvalue weighted by molar-refractivity contribution is 7.91. The number of nitrogens with one attached hydrogen (secondary N) is 1. The van der Waals surface area contributed by atoms with Crippen molar-refractivity contribution in [2.75, 3.05) is 18.1 Å². The Morgan fingerprint density at radius 1 is 1.26 bits per heavy atom. The Labute approximate surface area is 115 Å². The van der Waals surface area contributed by atoms with Crippen molar-refractivity contribution >= 4 is 15.8 Å². The van der Waals surface area contributed by atoms with Gasteiger partial charge in [0.2, 0.25) is 0 Å². The van der Waals surface area contributed by atoms with Crippen LogP contribution in [-0.2, 0) is 19.4 Å². The molecule has 2 rings (SSSR count). The zero-order valence-corrected chi connectivity index (χ0v) is 12.2. The van der Waals surface area contributed by atoms with Gasteiger partial charge in [0, 0.05) is 12.1 Å². The first-order chi connectivity index (χ1) is 9.00. The van der Waals surface area contributed by atoms with Gasteiger partial charge in [-0.1, -0.05) is 6.42 Å². The summed E-state index contributed by atoms with van der Waals surface area (Å²) in [4.78, 5) is 11.7. The molecule has 1 heterocycles. The van der Waals surface area contributed by atoms with Crippen LogP contribution < -0.4 is 5.32 Å². The van der Waals surface area contributed by atoms with Crippen molar-refractivity contribution in [3.63, 3.8) is 0 Å². The van der Waals surface area contributed by atoms with Crippen LogP contribution in [-0.4, -0.2) is 44.6 Å². The molecule has 3 unspecified atom stereocenters. The number of carbonyl (C=O) groups is 1. The van der Waals surface area contributed by atoms with Gasteiger partial charge in [0.15, 0.2) is 9.84 Å². The second-order valence-electron chi connectivity index (χ2n) is 5.58. The van der Waals surface area contributed by atoms with E-state index >= 15 is 0 Å². The van der Waals surface area contributed by atoms with Crippen molar-refractivity contribution in [2.45, 2.75) is 51.1 Å². The molecule has 1 N–H and O–H groups in total. The maximum Gasteiger partial charge on any atom is 0.308 e. The summed E-state index contributed by atoms with van der Waals surface area (Å²) < 4.78 is 27.9. The third-order valence-electron chi connectivity index (χ3n) is 4.00. The minimum Gasteiger partial charge on any atom is -0.466 e. The van der Waals surface area contributed by atoms with Gasteiger partial charge in [0.05, 0.1) is 24.0 Å². The van der Waals surface area contributed by atoms with Gasteiger partial charge in [-0.3, -0.25) is 4.79 Å². The van der Waals surface area contributed by atoms with Crippen molar-refractivity contribution in [2.24, 2.45) is 5.92 Å². The SMILES string of the molecule is CCOC(=O)C1CCCC(NC2CCS(=O)(=O)C2)C1. The minimum absolute atomic E-state index is 0.0239. The van der Waals surface area contributed by atoms with Crippen LogP contribution in [0.2, 0.25) is 0 Å². The minimum atomic E-state index is -2.84. The lowest BCUT2D eigenvalue weighted by atomic mass is 9.85. The average molecular weight is 289 g/mol. The van der Waals surface area contributed by atoms with Gasteiger partial charge < -0.3 is 10.1 Å². The normalized spacial score (nSPS) is 34.1. The molecule has 1 aliphatic carbocycles. The lowest BCUT2D eigenvalue weighted by Gasteiger charge is -2.30. The Balaban J connectivity index is 1.83. The van der Waals surface area contributed by atoms with Crippen LogP contribution in [0.15, 0.2) is 0 Å². The predicted molar refractivity (Wildman–Crippen MR) is 72.6 cm³/mol. The van der Waals surface area contributed by atoms with Gasteiger partial charge in [0.25, 0.3) is 0 Å². The molecule has 5 nitrogen and oxygen atoms in total. The molecular formula is C13H23NO4S. The zero-order chi connectivity index (χ0) is 13.9. The van der Waals surface area contributed by atoms with Gasteiger partial charge in [-0.25, -0.2) is 8.42 Å². The van der Waals surface area contributed by atoms with Crippen LogP contribution in [0.3, 0.4) is 0 Å². The molecule has 2 aliphatic rings. The molecule has 110 valence electrons. The number of esters is 1. The molecule has 3 atom stereocenters. The van der Waals surface area contributed by atoms with E-state index in [1.807, 2.05) is 6.92 Å². The largest absolute Gasteiger partial charge is 0.466 e. The molecule has 0 amide bonds. The molecule has 0 bridgehead atoms. The van der Waals surface area contributed by atoms with Crippen LogP contribution >= 0.6 is 0 Å². The van der Waals surface area contributed by atoms with E-state index in [1.54, 1.807) is 0 Å². The molecule has 0 radical (unpaired) electrons. The van der Waals surface area contributed by atoms with E-state index in [0.29, 0.717) is 18.8 Å². The number of carbonyl (C=O) groups excluding carboxylic acids is 1. The maximum atomic E-state index is 11.7. The predicted octanol–water partition coefficient (Wildman–Crippen LogP) is 0.885. The molecule has 0 aromatic heterocycles. The fourth-order valence-corrected chi connectivity index (χ4v) is 4.76. The van der Waals surface area contributed by atoms with Crippen LogP contribution in [0.25, 0.3) is 0 Å². The summed E-state index contributed by atoms with van der Waals surface area (Å²) in [7, 11) is -2.84. The van der Waals surface area contributed by atoms with Gasteiger partial charge in [-0.05, 0) is 32.6 Å². The van der Waals surface area contributed by atoms with E-state index in [1.165, 1.54) is 0 Å². The van der Waals surface area contributed by atoms with Crippen molar-refractivity contribution < 1.29 is 17.9 Å². The third kappa shape index (κ3) is 4.18. The second kappa shape index (κ2) is 6.22. The highest BCUT2D eigenvalue weighted by Crippen LogP contribution is 2.26. The summed E-state index contributed by atoms with van der Waals surface area (Å²) in [5.74, 6) is 0.406. The lowest BCUT2D eigenvalue weighted by molar-refractivity contribution is -0.149. The van der Waals surface area contributed by atoms with Crippen LogP contribution in [0, 0.1) is 5.92 Å². The quantitative estimate of drug-likeness (QED) is 0.778. The molecule has 1 aliphatic heterocycles. The number of rotatable bonds is 4. The molecule has 19 heavy (non-hydrogen) atoms. The Bertz CT molecular complexity index is 420. The fourth-order valence-electron chi connectivity index (χ4n) is 3.08. The molecule has 0 aromatic rings. The van der Waals surface area contributed by atoms with Gasteiger partial charge in [-0.15, -0.1) is 0 Å². The average Bonchev–Trinajstić information content (AvgIpc) is 2.69. The smallest absolute Gasteiger partial charge is 0.308 e. The Morgan fingerprint density at radius 2 is 2.05 bits per heavy atom. The standard InChI is InChI=1S/C13H23NO4S/c1-2-18-13(15)10-4-3-5-11(8-10)14-12-6-7-19(16,17)9-12/h10-12,14H,2-9H2,1H3. The Hall–Kier alpha value is -0.620. The van der Waals surface area contributed by atoms with Gasteiger partial charge in [-0.2, -0.15) is 0 Å². The van der Waals surface area contributed by atoms with Crippen molar-refractivity contribution in [1.29, 1.82) is 0 Å². The molecule has 6 heteroatoms. The number of sulfone groups is 1. The van der Waals surface area contributed by atoms with Crippen LogP contribution in [0.5, 0.6) is 0 Å². The van der Waals surface area contributed by atoms with Crippen molar-refractivity contribution in [3.05, 3.63) is 0 Å². The summed E-state index contributed by atoms with van der Waals surface area (Å²) in [5, 5.41) is 3.41. The molecular weight excluding hydrogens is 266 g/mol. The molecule has 1 saturated heterocycles. The maximum absolute atomic E-state index is 11.7. The summed E-state index contributed by atoms with van der Waals surface area (Å²) in [6.45, 7) is 2.24. The first kappa shape index (κ1) is 14.8. The summed E-state index contributed by atoms with van der Waals surface area (Å²) in [6.07, 6.45) is 4.38. The monoisotopic (exact) mass is 289 g/mol. The fraction of sp³-hybridized carbons (Fsp3) is 0.923. The van der Waals surface area contributed by atoms with E-state index in [0.717, 1.165) is 25.7 Å². The first-order valence-corrected chi connectivity index (χ1v) is 8.95. The third-order valence-corrected chi connectivity index (χ3v) is 5.77. The first-order valence-electron chi connectivity index (χ1n) is 7.13.